The Morgan fingerprint density at radius 2 is 1.85 bits per heavy atom. The fourth-order valence-electron chi connectivity index (χ4n) is 2.60. The van der Waals surface area contributed by atoms with E-state index < -0.39 is 0 Å². The summed E-state index contributed by atoms with van der Waals surface area (Å²) in [6.45, 7) is 5.02. The summed E-state index contributed by atoms with van der Waals surface area (Å²) in [5.41, 5.74) is 0.0237. The number of piperidine rings is 2. The van der Waals surface area contributed by atoms with E-state index in [9.17, 15) is 4.79 Å². The Morgan fingerprint density at radius 3 is 2.54 bits per heavy atom. The van der Waals surface area contributed by atoms with Gasteiger partial charge in [0.25, 0.3) is 0 Å². The average molecular weight is 182 g/mol. The highest BCUT2D eigenvalue weighted by molar-refractivity contribution is 5.90. The molecule has 13 heavy (non-hydrogen) atoms. The number of carbonyl (C=O) groups excluding carboxylic acids is 1. The van der Waals surface area contributed by atoms with Crippen LogP contribution in [0.5, 0.6) is 0 Å². The molecule has 2 fully saturated rings. The molecule has 2 aliphatic rings. The van der Waals surface area contributed by atoms with Gasteiger partial charge < -0.3 is 10.6 Å². The maximum Gasteiger partial charge on any atom is 0.155 e. The number of carbonyl (C=O) groups is 1. The summed E-state index contributed by atoms with van der Waals surface area (Å²) < 4.78 is 0. The molecular formula is C10H18N2O. The number of ketones is 1. The number of rotatable bonds is 0. The van der Waals surface area contributed by atoms with Crippen LogP contribution in [0.2, 0.25) is 0 Å². The Hall–Kier alpha value is -0.410. The monoisotopic (exact) mass is 182 g/mol. The largest absolute Gasteiger partial charge is 0.317 e. The Balaban J connectivity index is 2.14. The van der Waals surface area contributed by atoms with E-state index in [0.717, 1.165) is 38.9 Å². The van der Waals surface area contributed by atoms with Crippen LogP contribution >= 0.6 is 0 Å². The van der Waals surface area contributed by atoms with E-state index in [-0.39, 0.29) is 11.5 Å². The highest BCUT2D eigenvalue weighted by Gasteiger charge is 2.43. The van der Waals surface area contributed by atoms with Crippen LogP contribution in [0, 0.1) is 5.41 Å². The molecule has 0 aromatic rings. The zero-order valence-electron chi connectivity index (χ0n) is 8.23. The minimum absolute atomic E-state index is 0.0237. The molecule has 0 aromatic carbocycles. The van der Waals surface area contributed by atoms with Gasteiger partial charge in [-0.1, -0.05) is 0 Å². The summed E-state index contributed by atoms with van der Waals surface area (Å²) in [6, 6.07) is 0.0758. The fraction of sp³-hybridized carbons (Fsp3) is 0.900. The Bertz CT molecular complexity index is 203. The van der Waals surface area contributed by atoms with Crippen LogP contribution in [0.25, 0.3) is 0 Å². The first-order valence-corrected chi connectivity index (χ1v) is 5.23. The quantitative estimate of drug-likeness (QED) is 0.566. The number of nitrogens with one attached hydrogen (secondary N) is 2. The van der Waals surface area contributed by atoms with Crippen LogP contribution < -0.4 is 10.6 Å². The lowest BCUT2D eigenvalue weighted by Crippen LogP contribution is -2.55. The summed E-state index contributed by atoms with van der Waals surface area (Å²) in [5.74, 6) is 0.445. The molecule has 0 aliphatic carbocycles. The van der Waals surface area contributed by atoms with E-state index in [0.29, 0.717) is 5.78 Å². The maximum atomic E-state index is 12.0. The van der Waals surface area contributed by atoms with Gasteiger partial charge in [-0.15, -0.1) is 0 Å². The van der Waals surface area contributed by atoms with Crippen LogP contribution in [0.1, 0.15) is 26.2 Å². The minimum Gasteiger partial charge on any atom is -0.317 e. The number of Topliss-reactive ketones (excluding diaryl/α,β-unsaturated/α-hetero) is 1. The van der Waals surface area contributed by atoms with Crippen molar-refractivity contribution < 1.29 is 4.79 Å². The molecular weight excluding hydrogens is 164 g/mol. The fourth-order valence-corrected chi connectivity index (χ4v) is 2.60. The molecule has 2 aliphatic heterocycles. The van der Waals surface area contributed by atoms with Gasteiger partial charge in [0, 0.05) is 5.41 Å². The van der Waals surface area contributed by atoms with Crippen LogP contribution in [0.4, 0.5) is 0 Å². The summed E-state index contributed by atoms with van der Waals surface area (Å²) in [4.78, 5) is 12.0. The molecule has 3 heteroatoms. The third kappa shape index (κ3) is 1.51. The average Bonchev–Trinajstić information content (AvgIpc) is 2.16. The van der Waals surface area contributed by atoms with Gasteiger partial charge in [0.1, 0.15) is 0 Å². The molecule has 1 atom stereocenters. The topological polar surface area (TPSA) is 41.1 Å². The van der Waals surface area contributed by atoms with Crippen LogP contribution in [-0.2, 0) is 4.79 Å². The van der Waals surface area contributed by atoms with E-state index in [2.05, 4.69) is 10.6 Å². The summed E-state index contributed by atoms with van der Waals surface area (Å²) in [7, 11) is 0. The third-order valence-electron chi connectivity index (χ3n) is 3.53. The molecule has 0 saturated carbocycles. The van der Waals surface area contributed by atoms with Gasteiger partial charge in [0.2, 0.25) is 0 Å². The Morgan fingerprint density at radius 1 is 1.23 bits per heavy atom. The lowest BCUT2D eigenvalue weighted by Gasteiger charge is -2.41. The van der Waals surface area contributed by atoms with Gasteiger partial charge >= 0.3 is 0 Å². The van der Waals surface area contributed by atoms with Gasteiger partial charge in [0.05, 0.1) is 6.04 Å². The molecule has 0 amide bonds. The van der Waals surface area contributed by atoms with Crippen molar-refractivity contribution in [2.75, 3.05) is 19.6 Å². The van der Waals surface area contributed by atoms with E-state index in [4.69, 9.17) is 0 Å². The van der Waals surface area contributed by atoms with Gasteiger partial charge in [-0.25, -0.2) is 0 Å². The molecule has 0 radical (unpaired) electrons. The predicted molar refractivity (Wildman–Crippen MR) is 51.6 cm³/mol. The Labute approximate surface area is 79.3 Å². The third-order valence-corrected chi connectivity index (χ3v) is 3.53. The first kappa shape index (κ1) is 9.16. The standard InChI is InChI=1S/C10H18N2O/c1-8-9(13)10(4-7-12-8)2-5-11-6-3-10/h8,11-12H,2-7H2,1H3. The van der Waals surface area contributed by atoms with Crippen molar-refractivity contribution in [3.05, 3.63) is 0 Å². The van der Waals surface area contributed by atoms with Gasteiger partial charge in [-0.05, 0) is 45.8 Å². The highest BCUT2D eigenvalue weighted by atomic mass is 16.1. The predicted octanol–water partition coefficient (Wildman–Crippen LogP) is 0.307. The normalized spacial score (nSPS) is 33.6. The second-order valence-corrected chi connectivity index (χ2v) is 4.32. The first-order chi connectivity index (χ1) is 6.25. The van der Waals surface area contributed by atoms with Crippen molar-refractivity contribution in [2.24, 2.45) is 5.41 Å². The number of hydrogen-bond acceptors (Lipinski definition) is 3. The molecule has 0 bridgehead atoms. The maximum absolute atomic E-state index is 12.0. The molecule has 3 nitrogen and oxygen atoms in total. The summed E-state index contributed by atoms with van der Waals surface area (Å²) >= 11 is 0. The van der Waals surface area contributed by atoms with E-state index in [1.54, 1.807) is 0 Å². The van der Waals surface area contributed by atoms with Crippen LogP contribution in [0.15, 0.2) is 0 Å². The summed E-state index contributed by atoms with van der Waals surface area (Å²) in [5, 5.41) is 6.55. The lowest BCUT2D eigenvalue weighted by atomic mass is 9.69. The van der Waals surface area contributed by atoms with E-state index >= 15 is 0 Å². The van der Waals surface area contributed by atoms with E-state index in [1.807, 2.05) is 6.92 Å². The molecule has 74 valence electrons. The summed E-state index contributed by atoms with van der Waals surface area (Å²) in [6.07, 6.45) is 3.12. The van der Waals surface area contributed by atoms with Gasteiger partial charge in [-0.3, -0.25) is 4.79 Å². The zero-order valence-corrected chi connectivity index (χ0v) is 8.23. The van der Waals surface area contributed by atoms with Gasteiger partial charge in [-0.2, -0.15) is 0 Å². The second-order valence-electron chi connectivity index (χ2n) is 4.32. The SMILES string of the molecule is CC1NCCC2(CCNCC2)C1=O. The second kappa shape index (κ2) is 3.39. The molecule has 2 rings (SSSR count). The van der Waals surface area contributed by atoms with Crippen LogP contribution in [-0.4, -0.2) is 31.5 Å². The lowest BCUT2D eigenvalue weighted by molar-refractivity contribution is -0.134. The molecule has 2 saturated heterocycles. The molecule has 2 heterocycles. The minimum atomic E-state index is 0.0237. The number of hydrogen-bond donors (Lipinski definition) is 2. The van der Waals surface area contributed by atoms with Crippen molar-refractivity contribution in [1.82, 2.24) is 10.6 Å². The first-order valence-electron chi connectivity index (χ1n) is 5.23. The molecule has 1 spiro atoms. The van der Waals surface area contributed by atoms with Crippen LogP contribution in [0.3, 0.4) is 0 Å². The van der Waals surface area contributed by atoms with Crippen molar-refractivity contribution in [1.29, 1.82) is 0 Å². The van der Waals surface area contributed by atoms with Crippen molar-refractivity contribution in [2.45, 2.75) is 32.2 Å². The van der Waals surface area contributed by atoms with Crippen molar-refractivity contribution >= 4 is 5.78 Å². The zero-order chi connectivity index (χ0) is 9.31. The smallest absolute Gasteiger partial charge is 0.155 e. The van der Waals surface area contributed by atoms with Crippen molar-refractivity contribution in [3.8, 4) is 0 Å². The van der Waals surface area contributed by atoms with Crippen molar-refractivity contribution in [3.63, 3.8) is 0 Å². The highest BCUT2D eigenvalue weighted by Crippen LogP contribution is 2.36. The Kier molecular flexibility index (Phi) is 2.39. The molecule has 2 N–H and O–H groups in total. The molecule has 0 aromatic heterocycles. The van der Waals surface area contributed by atoms with E-state index in [1.165, 1.54) is 0 Å². The molecule has 1 unspecified atom stereocenters. The van der Waals surface area contributed by atoms with Gasteiger partial charge in [0.15, 0.2) is 5.78 Å².